The van der Waals surface area contributed by atoms with Gasteiger partial charge in [-0.05, 0) is 24.6 Å². The monoisotopic (exact) mass is 201 g/mol. The molecular weight excluding hydrogens is 189 g/mol. The first kappa shape index (κ1) is 10.3. The molecule has 0 aliphatic carbocycles. The molecule has 0 spiro atoms. The van der Waals surface area contributed by atoms with Crippen LogP contribution in [0.3, 0.4) is 0 Å². The van der Waals surface area contributed by atoms with Crippen molar-refractivity contribution in [2.45, 2.75) is 11.8 Å². The maximum atomic E-state index is 12.4. The standard InChI is InChI=1S/C9H12FNOS/c1-9(11,13-10)7-4-3-5-8(6-7)12-2/h3-6H,11H2,1-2H3. The highest BCUT2D eigenvalue weighted by atomic mass is 32.2. The van der Waals surface area contributed by atoms with E-state index in [9.17, 15) is 3.89 Å². The molecule has 2 nitrogen and oxygen atoms in total. The molecule has 0 amide bonds. The van der Waals surface area contributed by atoms with Gasteiger partial charge in [0.2, 0.25) is 0 Å². The summed E-state index contributed by atoms with van der Waals surface area (Å²) in [4.78, 5) is -1.01. The third-order valence-corrected chi connectivity index (χ3v) is 2.36. The maximum Gasteiger partial charge on any atom is 0.119 e. The van der Waals surface area contributed by atoms with E-state index >= 15 is 0 Å². The Kier molecular flexibility index (Phi) is 3.17. The summed E-state index contributed by atoms with van der Waals surface area (Å²) in [5.41, 5.74) is 6.40. The third-order valence-electron chi connectivity index (χ3n) is 1.80. The number of hydrogen-bond acceptors (Lipinski definition) is 3. The van der Waals surface area contributed by atoms with Gasteiger partial charge in [0.25, 0.3) is 0 Å². The van der Waals surface area contributed by atoms with Gasteiger partial charge in [-0.15, -0.1) is 0 Å². The first-order valence-corrected chi connectivity index (χ1v) is 4.55. The molecule has 1 atom stereocenters. The average molecular weight is 201 g/mol. The molecule has 0 fully saturated rings. The van der Waals surface area contributed by atoms with E-state index < -0.39 is 4.87 Å². The van der Waals surface area contributed by atoms with E-state index in [-0.39, 0.29) is 12.1 Å². The van der Waals surface area contributed by atoms with Crippen LogP contribution < -0.4 is 10.5 Å². The summed E-state index contributed by atoms with van der Waals surface area (Å²) in [5, 5.41) is 0. The van der Waals surface area contributed by atoms with Crippen LogP contribution in [-0.4, -0.2) is 7.11 Å². The molecular formula is C9H12FNOS. The Morgan fingerprint density at radius 1 is 1.54 bits per heavy atom. The molecule has 0 heterocycles. The van der Waals surface area contributed by atoms with E-state index in [2.05, 4.69) is 0 Å². The third kappa shape index (κ3) is 2.35. The zero-order chi connectivity index (χ0) is 9.90. The molecule has 1 rings (SSSR count). The highest BCUT2D eigenvalue weighted by Gasteiger charge is 2.22. The molecule has 13 heavy (non-hydrogen) atoms. The maximum absolute atomic E-state index is 12.4. The minimum absolute atomic E-state index is 0.122. The van der Waals surface area contributed by atoms with Gasteiger partial charge >= 0.3 is 0 Å². The topological polar surface area (TPSA) is 35.2 Å². The minimum Gasteiger partial charge on any atom is -0.497 e. The Labute approximate surface area is 81.6 Å². The van der Waals surface area contributed by atoms with Gasteiger partial charge in [0.1, 0.15) is 10.6 Å². The molecule has 0 saturated carbocycles. The first-order chi connectivity index (χ1) is 6.10. The highest BCUT2D eigenvalue weighted by molar-refractivity contribution is 7.95. The summed E-state index contributed by atoms with van der Waals surface area (Å²) >= 11 is 0.122. The Morgan fingerprint density at radius 2 is 2.23 bits per heavy atom. The summed E-state index contributed by atoms with van der Waals surface area (Å²) in [5.74, 6) is 0.684. The van der Waals surface area contributed by atoms with Crippen LogP contribution in [0.1, 0.15) is 12.5 Å². The molecule has 0 aromatic heterocycles. The van der Waals surface area contributed by atoms with Crippen LogP contribution in [0.5, 0.6) is 5.75 Å². The van der Waals surface area contributed by atoms with Crippen molar-refractivity contribution in [1.82, 2.24) is 0 Å². The molecule has 0 aliphatic heterocycles. The summed E-state index contributed by atoms with van der Waals surface area (Å²) in [6.07, 6.45) is 0. The molecule has 1 aromatic carbocycles. The van der Waals surface area contributed by atoms with Crippen molar-refractivity contribution in [2.24, 2.45) is 5.73 Å². The lowest BCUT2D eigenvalue weighted by Gasteiger charge is -2.19. The predicted octanol–water partition coefficient (Wildman–Crippen LogP) is 2.44. The van der Waals surface area contributed by atoms with E-state index in [0.717, 1.165) is 0 Å². The Balaban J connectivity index is 3.01. The predicted molar refractivity (Wildman–Crippen MR) is 53.2 cm³/mol. The number of ether oxygens (including phenoxy) is 1. The van der Waals surface area contributed by atoms with Crippen LogP contribution >= 0.6 is 12.1 Å². The van der Waals surface area contributed by atoms with Crippen molar-refractivity contribution >= 4 is 12.1 Å². The van der Waals surface area contributed by atoms with E-state index in [1.54, 1.807) is 38.3 Å². The second-order valence-corrected chi connectivity index (χ2v) is 3.92. The fraction of sp³-hybridized carbons (Fsp3) is 0.333. The number of rotatable bonds is 3. The fourth-order valence-corrected chi connectivity index (χ4v) is 1.19. The van der Waals surface area contributed by atoms with Gasteiger partial charge in [-0.25, -0.2) is 0 Å². The molecule has 0 radical (unpaired) electrons. The Bertz CT molecular complexity index is 291. The van der Waals surface area contributed by atoms with Gasteiger partial charge in [-0.1, -0.05) is 12.1 Å². The van der Waals surface area contributed by atoms with Crippen LogP contribution in [0.25, 0.3) is 0 Å². The quantitative estimate of drug-likeness (QED) is 0.763. The van der Waals surface area contributed by atoms with Gasteiger partial charge < -0.3 is 10.5 Å². The SMILES string of the molecule is COc1cccc(C(C)(N)SF)c1. The number of methoxy groups -OCH3 is 1. The lowest BCUT2D eigenvalue weighted by Crippen LogP contribution is -2.27. The highest BCUT2D eigenvalue weighted by Crippen LogP contribution is 2.32. The zero-order valence-electron chi connectivity index (χ0n) is 7.58. The summed E-state index contributed by atoms with van der Waals surface area (Å²) in [7, 11) is 1.57. The van der Waals surface area contributed by atoms with E-state index in [1.165, 1.54) is 0 Å². The molecule has 1 aromatic rings. The summed E-state index contributed by atoms with van der Waals surface area (Å²) in [6, 6.07) is 7.08. The largest absolute Gasteiger partial charge is 0.497 e. The second-order valence-electron chi connectivity index (χ2n) is 2.92. The van der Waals surface area contributed by atoms with E-state index in [0.29, 0.717) is 11.3 Å². The van der Waals surface area contributed by atoms with Gasteiger partial charge in [0, 0.05) is 0 Å². The normalized spacial score (nSPS) is 15.1. The number of hydrogen-bond donors (Lipinski definition) is 1. The van der Waals surface area contributed by atoms with E-state index in [4.69, 9.17) is 10.5 Å². The smallest absolute Gasteiger partial charge is 0.119 e. The first-order valence-electron chi connectivity index (χ1n) is 3.83. The number of nitrogens with two attached hydrogens (primary N) is 1. The molecule has 0 aliphatic rings. The fourth-order valence-electron chi connectivity index (χ4n) is 0.976. The number of benzene rings is 1. The van der Waals surface area contributed by atoms with Crippen molar-refractivity contribution in [1.29, 1.82) is 0 Å². The number of halogens is 1. The molecule has 0 bridgehead atoms. The van der Waals surface area contributed by atoms with Gasteiger partial charge in [-0.2, -0.15) is 3.89 Å². The minimum atomic E-state index is -1.01. The van der Waals surface area contributed by atoms with Crippen LogP contribution in [0.15, 0.2) is 24.3 Å². The van der Waals surface area contributed by atoms with Crippen molar-refractivity contribution in [3.8, 4) is 5.75 Å². The zero-order valence-corrected chi connectivity index (χ0v) is 8.40. The lowest BCUT2D eigenvalue weighted by atomic mass is 10.1. The van der Waals surface area contributed by atoms with Gasteiger partial charge in [-0.3, -0.25) is 0 Å². The van der Waals surface area contributed by atoms with Gasteiger partial charge in [0.05, 0.1) is 19.3 Å². The summed E-state index contributed by atoms with van der Waals surface area (Å²) < 4.78 is 17.5. The second kappa shape index (κ2) is 3.98. The van der Waals surface area contributed by atoms with E-state index in [1.807, 2.05) is 0 Å². The average Bonchev–Trinajstić information content (AvgIpc) is 2.18. The Morgan fingerprint density at radius 3 is 2.77 bits per heavy atom. The van der Waals surface area contributed by atoms with Crippen molar-refractivity contribution in [2.75, 3.05) is 7.11 Å². The summed E-state index contributed by atoms with van der Waals surface area (Å²) in [6.45, 7) is 1.62. The lowest BCUT2D eigenvalue weighted by molar-refractivity contribution is 0.413. The van der Waals surface area contributed by atoms with Crippen LogP contribution in [0, 0.1) is 0 Å². The molecule has 4 heteroatoms. The Hall–Kier alpha value is -0.740. The van der Waals surface area contributed by atoms with Crippen molar-refractivity contribution < 1.29 is 8.62 Å². The van der Waals surface area contributed by atoms with Crippen molar-refractivity contribution in [3.05, 3.63) is 29.8 Å². The molecule has 72 valence electrons. The molecule has 1 unspecified atom stereocenters. The van der Waals surface area contributed by atoms with Crippen LogP contribution in [0.4, 0.5) is 3.89 Å². The van der Waals surface area contributed by atoms with Gasteiger partial charge in [0.15, 0.2) is 0 Å². The molecule has 2 N–H and O–H groups in total. The van der Waals surface area contributed by atoms with Crippen molar-refractivity contribution in [3.63, 3.8) is 0 Å². The molecule has 0 saturated heterocycles. The van der Waals surface area contributed by atoms with Crippen LogP contribution in [-0.2, 0) is 4.87 Å². The van der Waals surface area contributed by atoms with Crippen LogP contribution in [0.2, 0.25) is 0 Å².